The van der Waals surface area contributed by atoms with Crippen LogP contribution in [0.25, 0.3) is 5.70 Å². The fraction of sp³-hybridized carbons (Fsp3) is 0.241. The Morgan fingerprint density at radius 3 is 2.54 bits per heavy atom. The van der Waals surface area contributed by atoms with Crippen LogP contribution in [-0.4, -0.2) is 33.8 Å². The Morgan fingerprint density at radius 2 is 1.95 bits per heavy atom. The van der Waals surface area contributed by atoms with Crippen molar-refractivity contribution in [3.05, 3.63) is 113 Å². The molecule has 2 heterocycles. The molecular formula is C29H34F3N7O2. The molecular weight excluding hydrogens is 535 g/mol. The predicted molar refractivity (Wildman–Crippen MR) is 153 cm³/mol. The van der Waals surface area contributed by atoms with Crippen LogP contribution >= 0.6 is 0 Å². The zero-order valence-corrected chi connectivity index (χ0v) is 23.6. The summed E-state index contributed by atoms with van der Waals surface area (Å²) in [6.07, 6.45) is 2.47. The second-order valence-corrected chi connectivity index (χ2v) is 9.57. The Kier molecular flexibility index (Phi) is 9.51. The molecule has 0 aliphatic rings. The van der Waals surface area contributed by atoms with Crippen molar-refractivity contribution in [3.63, 3.8) is 0 Å². The van der Waals surface area contributed by atoms with Gasteiger partial charge in [0.1, 0.15) is 5.76 Å². The summed E-state index contributed by atoms with van der Waals surface area (Å²) in [6.45, 7) is 8.70. The van der Waals surface area contributed by atoms with Crippen molar-refractivity contribution in [1.29, 1.82) is 0 Å². The maximum Gasteiger partial charge on any atom is 0.412 e. The molecule has 218 valence electrons. The van der Waals surface area contributed by atoms with Crippen molar-refractivity contribution >= 4 is 17.3 Å². The number of alkyl halides is 3. The summed E-state index contributed by atoms with van der Waals surface area (Å²) in [5, 5.41) is 8.13. The van der Waals surface area contributed by atoms with E-state index < -0.39 is 17.7 Å². The van der Waals surface area contributed by atoms with E-state index in [1.54, 1.807) is 60.2 Å². The molecule has 0 bridgehead atoms. The van der Waals surface area contributed by atoms with Gasteiger partial charge in [-0.15, -0.1) is 0 Å². The molecule has 9 nitrogen and oxygen atoms in total. The van der Waals surface area contributed by atoms with E-state index in [4.69, 9.17) is 16.0 Å². The zero-order chi connectivity index (χ0) is 30.5. The number of hydrogen-bond donors (Lipinski definition) is 3. The van der Waals surface area contributed by atoms with Gasteiger partial charge in [-0.05, 0) is 62.8 Å². The molecule has 12 heteroatoms. The summed E-state index contributed by atoms with van der Waals surface area (Å²) in [5.74, 6) is 6.31. The number of nitrogens with two attached hydrogens (primary N) is 2. The van der Waals surface area contributed by atoms with E-state index in [9.17, 15) is 18.0 Å². The van der Waals surface area contributed by atoms with Gasteiger partial charge in [0.2, 0.25) is 0 Å². The van der Waals surface area contributed by atoms with Crippen molar-refractivity contribution in [3.8, 4) is 0 Å². The summed E-state index contributed by atoms with van der Waals surface area (Å²) in [6, 6.07) is 8.31. The number of hydrazine groups is 1. The third-order valence-electron chi connectivity index (χ3n) is 6.40. The number of furan rings is 1. The molecule has 0 spiro atoms. The average molecular weight is 570 g/mol. The van der Waals surface area contributed by atoms with E-state index in [0.29, 0.717) is 17.1 Å². The van der Waals surface area contributed by atoms with Crippen LogP contribution in [0.4, 0.5) is 18.9 Å². The van der Waals surface area contributed by atoms with Crippen LogP contribution in [0.15, 0.2) is 89.1 Å². The van der Waals surface area contributed by atoms with Crippen molar-refractivity contribution < 1.29 is 22.4 Å². The number of halogens is 3. The van der Waals surface area contributed by atoms with E-state index >= 15 is 0 Å². The lowest BCUT2D eigenvalue weighted by atomic mass is 10.1. The Bertz CT molecular complexity index is 1500. The molecule has 0 atom stereocenters. The van der Waals surface area contributed by atoms with Crippen molar-refractivity contribution in [1.82, 2.24) is 20.0 Å². The number of rotatable bonds is 10. The third-order valence-corrected chi connectivity index (χ3v) is 6.40. The minimum atomic E-state index is -4.52. The first kappa shape index (κ1) is 30.8. The fourth-order valence-corrected chi connectivity index (χ4v) is 3.83. The van der Waals surface area contributed by atoms with Gasteiger partial charge in [-0.1, -0.05) is 12.6 Å². The number of allylic oxidation sites excluding steroid dienone is 3. The van der Waals surface area contributed by atoms with Crippen LogP contribution in [-0.2, 0) is 13.6 Å². The van der Waals surface area contributed by atoms with Gasteiger partial charge in [0, 0.05) is 54.1 Å². The minimum Gasteiger partial charge on any atom is -0.467 e. The first-order valence-corrected chi connectivity index (χ1v) is 12.5. The SMILES string of the molecule is C=C(/C=C(\C=C(/C)C(F)(F)F)N(C)Cc1ccco1)NC(=O)c1ccc(C)c(N(N)/C=C(\N)c2cnn(C)c2C)c1. The second-order valence-electron chi connectivity index (χ2n) is 9.57. The normalized spacial score (nSPS) is 12.9. The molecule has 1 aromatic carbocycles. The molecule has 1 amide bonds. The number of amides is 1. The third kappa shape index (κ3) is 7.92. The van der Waals surface area contributed by atoms with Crippen molar-refractivity contribution in [2.24, 2.45) is 18.6 Å². The summed E-state index contributed by atoms with van der Waals surface area (Å²) in [5.41, 5.74) is 9.22. The Balaban J connectivity index is 1.83. The lowest BCUT2D eigenvalue weighted by molar-refractivity contribution is -0.0914. The Hall–Kier alpha value is -4.71. The number of aromatic nitrogens is 2. The van der Waals surface area contributed by atoms with Gasteiger partial charge >= 0.3 is 6.18 Å². The van der Waals surface area contributed by atoms with Crippen LogP contribution in [0.3, 0.4) is 0 Å². The average Bonchev–Trinajstić information content (AvgIpc) is 3.52. The van der Waals surface area contributed by atoms with Gasteiger partial charge in [0.05, 0.1) is 30.4 Å². The molecule has 0 fully saturated rings. The Labute approximate surface area is 236 Å². The standard InChI is InChI=1S/C29H34F3N7O2/c1-18-9-10-22(14-27(18)39(34)17-26(33)25-15-35-38(6)21(25)4)28(40)36-20(3)13-23(12-19(2)29(30,31)32)37(5)16-24-8-7-11-41-24/h7-15,17H,3,16,33-34H2,1-2,4-6H3,(H,36,40)/b19-12+,23-13+,26-17-. The fourth-order valence-electron chi connectivity index (χ4n) is 3.83. The minimum absolute atomic E-state index is 0.0884. The van der Waals surface area contributed by atoms with Gasteiger partial charge in [-0.3, -0.25) is 14.5 Å². The highest BCUT2D eigenvalue weighted by Gasteiger charge is 2.30. The topological polar surface area (TPSA) is 119 Å². The van der Waals surface area contributed by atoms with E-state index in [1.807, 2.05) is 13.8 Å². The predicted octanol–water partition coefficient (Wildman–Crippen LogP) is 5.04. The smallest absolute Gasteiger partial charge is 0.412 e. The van der Waals surface area contributed by atoms with E-state index in [0.717, 1.165) is 29.8 Å². The van der Waals surface area contributed by atoms with E-state index in [-0.39, 0.29) is 23.5 Å². The molecule has 0 unspecified atom stereocenters. The number of anilines is 1. The molecule has 0 aliphatic heterocycles. The highest BCUT2D eigenvalue weighted by molar-refractivity contribution is 5.96. The van der Waals surface area contributed by atoms with Crippen molar-refractivity contribution in [2.75, 3.05) is 12.1 Å². The van der Waals surface area contributed by atoms with Gasteiger partial charge < -0.3 is 20.4 Å². The molecule has 0 radical (unpaired) electrons. The number of nitrogens with zero attached hydrogens (tertiary/aromatic N) is 4. The molecule has 0 saturated carbocycles. The summed E-state index contributed by atoms with van der Waals surface area (Å²) in [7, 11) is 3.41. The number of benzene rings is 1. The number of carbonyl (C=O) groups is 1. The largest absolute Gasteiger partial charge is 0.467 e. The number of aryl methyl sites for hydroxylation is 2. The van der Waals surface area contributed by atoms with E-state index in [2.05, 4.69) is 17.0 Å². The highest BCUT2D eigenvalue weighted by atomic mass is 19.4. The molecule has 0 saturated heterocycles. The maximum absolute atomic E-state index is 13.3. The molecule has 41 heavy (non-hydrogen) atoms. The number of hydrogen-bond acceptors (Lipinski definition) is 7. The summed E-state index contributed by atoms with van der Waals surface area (Å²) in [4.78, 5) is 14.6. The lowest BCUT2D eigenvalue weighted by Crippen LogP contribution is -2.28. The highest BCUT2D eigenvalue weighted by Crippen LogP contribution is 2.27. The molecule has 2 aromatic heterocycles. The van der Waals surface area contributed by atoms with Crippen molar-refractivity contribution in [2.45, 2.75) is 33.5 Å². The van der Waals surface area contributed by atoms with Crippen LogP contribution < -0.4 is 21.9 Å². The van der Waals surface area contributed by atoms with Gasteiger partial charge in [-0.25, -0.2) is 5.84 Å². The maximum atomic E-state index is 13.3. The number of carbonyl (C=O) groups excluding carboxylic acids is 1. The van der Waals surface area contributed by atoms with Crippen LogP contribution in [0.2, 0.25) is 0 Å². The molecule has 3 aromatic rings. The Morgan fingerprint density at radius 1 is 1.24 bits per heavy atom. The number of likely N-dealkylation sites (N-methyl/N-ethyl adjacent to an activating group) is 1. The molecule has 5 N–H and O–H groups in total. The first-order valence-electron chi connectivity index (χ1n) is 12.5. The van der Waals surface area contributed by atoms with Crippen LogP contribution in [0.5, 0.6) is 0 Å². The second kappa shape index (κ2) is 12.6. The molecule has 3 rings (SSSR count). The molecule has 0 aliphatic carbocycles. The van der Waals surface area contributed by atoms with Gasteiger partial charge in [0.15, 0.2) is 0 Å². The summed E-state index contributed by atoms with van der Waals surface area (Å²) < 4.78 is 46.9. The zero-order valence-electron chi connectivity index (χ0n) is 23.6. The van der Waals surface area contributed by atoms with Gasteiger partial charge in [0.25, 0.3) is 5.91 Å². The van der Waals surface area contributed by atoms with Gasteiger partial charge in [-0.2, -0.15) is 18.3 Å². The van der Waals surface area contributed by atoms with Crippen LogP contribution in [0.1, 0.15) is 39.9 Å². The number of nitrogens with one attached hydrogen (secondary N) is 1. The first-order chi connectivity index (χ1) is 19.2. The van der Waals surface area contributed by atoms with Crippen LogP contribution in [0, 0.1) is 13.8 Å². The van der Waals surface area contributed by atoms with E-state index in [1.165, 1.54) is 23.5 Å². The lowest BCUT2D eigenvalue weighted by Gasteiger charge is -2.21. The summed E-state index contributed by atoms with van der Waals surface area (Å²) >= 11 is 0. The quantitative estimate of drug-likeness (QED) is 0.178. The monoisotopic (exact) mass is 569 g/mol.